The van der Waals surface area contributed by atoms with Crippen LogP contribution in [0.25, 0.3) is 0 Å². The fourth-order valence-electron chi connectivity index (χ4n) is 3.06. The van der Waals surface area contributed by atoms with Crippen LogP contribution in [0.15, 0.2) is 0 Å². The van der Waals surface area contributed by atoms with E-state index in [2.05, 4.69) is 5.32 Å². The van der Waals surface area contributed by atoms with Crippen LogP contribution in [-0.4, -0.2) is 43.6 Å². The van der Waals surface area contributed by atoms with E-state index in [9.17, 15) is 8.42 Å². The number of nitrogens with one attached hydrogen (secondary N) is 1. The largest absolute Gasteiger partial charge is 0.314 e. The molecular weight excluding hydrogens is 248 g/mol. The third-order valence-corrected chi connectivity index (χ3v) is 6.24. The van der Waals surface area contributed by atoms with Gasteiger partial charge in [0.25, 0.3) is 0 Å². The highest BCUT2D eigenvalue weighted by Crippen LogP contribution is 2.21. The molecule has 0 saturated carbocycles. The molecular formula is C13H26N2O2S. The molecule has 2 heterocycles. The van der Waals surface area contributed by atoms with Gasteiger partial charge in [-0.05, 0) is 45.6 Å². The second-order valence-corrected chi connectivity index (χ2v) is 7.75. The average molecular weight is 274 g/mol. The van der Waals surface area contributed by atoms with E-state index in [1.54, 1.807) is 4.31 Å². The summed E-state index contributed by atoms with van der Waals surface area (Å²) in [5.41, 5.74) is 0. The Morgan fingerprint density at radius 2 is 1.94 bits per heavy atom. The van der Waals surface area contributed by atoms with E-state index in [-0.39, 0.29) is 6.04 Å². The molecule has 2 fully saturated rings. The molecule has 106 valence electrons. The molecule has 0 amide bonds. The topological polar surface area (TPSA) is 49.4 Å². The van der Waals surface area contributed by atoms with Gasteiger partial charge in [-0.2, -0.15) is 4.31 Å². The number of piperidine rings is 2. The molecule has 0 radical (unpaired) electrons. The summed E-state index contributed by atoms with van der Waals surface area (Å²) in [5, 5.41) is 3.42. The molecule has 2 aliphatic rings. The Hall–Kier alpha value is -0.130. The molecule has 5 heteroatoms. The Morgan fingerprint density at radius 3 is 2.61 bits per heavy atom. The molecule has 2 aliphatic heterocycles. The first-order chi connectivity index (χ1) is 8.59. The fourth-order valence-corrected chi connectivity index (χ4v) is 4.94. The molecule has 1 N–H and O–H groups in total. The van der Waals surface area contributed by atoms with Crippen molar-refractivity contribution in [2.24, 2.45) is 0 Å². The van der Waals surface area contributed by atoms with Crippen LogP contribution >= 0.6 is 0 Å². The lowest BCUT2D eigenvalue weighted by atomic mass is 10.0. The van der Waals surface area contributed by atoms with Crippen molar-refractivity contribution in [1.29, 1.82) is 0 Å². The highest BCUT2D eigenvalue weighted by Gasteiger charge is 2.29. The van der Waals surface area contributed by atoms with Gasteiger partial charge in [0.1, 0.15) is 0 Å². The maximum atomic E-state index is 12.3. The molecule has 4 nitrogen and oxygen atoms in total. The molecule has 0 aliphatic carbocycles. The van der Waals surface area contributed by atoms with Gasteiger partial charge in [-0.15, -0.1) is 0 Å². The third-order valence-electron chi connectivity index (χ3n) is 4.24. The first-order valence-electron chi connectivity index (χ1n) is 7.32. The zero-order valence-corrected chi connectivity index (χ0v) is 12.2. The Balaban J connectivity index is 1.85. The van der Waals surface area contributed by atoms with Crippen LogP contribution < -0.4 is 5.32 Å². The van der Waals surface area contributed by atoms with Crippen molar-refractivity contribution in [3.05, 3.63) is 0 Å². The minimum atomic E-state index is -3.04. The lowest BCUT2D eigenvalue weighted by Gasteiger charge is -2.33. The Kier molecular flexibility index (Phi) is 5.04. The highest BCUT2D eigenvalue weighted by molar-refractivity contribution is 7.89. The maximum Gasteiger partial charge on any atom is 0.214 e. The van der Waals surface area contributed by atoms with E-state index < -0.39 is 10.0 Å². The lowest BCUT2D eigenvalue weighted by Crippen LogP contribution is -2.44. The van der Waals surface area contributed by atoms with Gasteiger partial charge in [0.2, 0.25) is 10.0 Å². The predicted octanol–water partition coefficient (Wildman–Crippen LogP) is 1.72. The van der Waals surface area contributed by atoms with Crippen molar-refractivity contribution in [1.82, 2.24) is 9.62 Å². The van der Waals surface area contributed by atoms with Gasteiger partial charge < -0.3 is 5.32 Å². The normalized spacial score (nSPS) is 31.4. The van der Waals surface area contributed by atoms with Gasteiger partial charge in [0.15, 0.2) is 0 Å². The van der Waals surface area contributed by atoms with Crippen molar-refractivity contribution in [3.63, 3.8) is 0 Å². The van der Waals surface area contributed by atoms with Crippen LogP contribution in [0.1, 0.15) is 51.9 Å². The van der Waals surface area contributed by atoms with Gasteiger partial charge in [-0.3, -0.25) is 0 Å². The third kappa shape index (κ3) is 3.68. The van der Waals surface area contributed by atoms with E-state index in [0.29, 0.717) is 11.8 Å². The molecule has 2 unspecified atom stereocenters. The average Bonchev–Trinajstić information content (AvgIpc) is 2.38. The van der Waals surface area contributed by atoms with Crippen LogP contribution in [0.3, 0.4) is 0 Å². The standard InChI is InChI=1S/C13H26N2O2S/c1-12-6-3-5-10-15(12)18(16,17)11-8-13-7-2-4-9-14-13/h12-14H,2-11H2,1H3. The van der Waals surface area contributed by atoms with Crippen molar-refractivity contribution in [3.8, 4) is 0 Å². The van der Waals surface area contributed by atoms with Crippen LogP contribution in [-0.2, 0) is 10.0 Å². The van der Waals surface area contributed by atoms with Crippen LogP contribution in [0.4, 0.5) is 0 Å². The molecule has 2 rings (SSSR count). The molecule has 0 bridgehead atoms. The molecule has 0 aromatic rings. The molecule has 2 saturated heterocycles. The van der Waals surface area contributed by atoms with Crippen molar-refractivity contribution < 1.29 is 8.42 Å². The minimum absolute atomic E-state index is 0.197. The Bertz CT molecular complexity index is 350. The summed E-state index contributed by atoms with van der Waals surface area (Å²) < 4.78 is 26.4. The summed E-state index contributed by atoms with van der Waals surface area (Å²) in [6.07, 6.45) is 7.56. The minimum Gasteiger partial charge on any atom is -0.314 e. The lowest BCUT2D eigenvalue weighted by molar-refractivity contribution is 0.267. The Morgan fingerprint density at radius 1 is 1.17 bits per heavy atom. The van der Waals surface area contributed by atoms with Crippen LogP contribution in [0.5, 0.6) is 0 Å². The number of rotatable bonds is 4. The van der Waals surface area contributed by atoms with E-state index in [4.69, 9.17) is 0 Å². The van der Waals surface area contributed by atoms with Crippen molar-refractivity contribution in [2.75, 3.05) is 18.8 Å². The quantitative estimate of drug-likeness (QED) is 0.849. The van der Waals surface area contributed by atoms with E-state index in [0.717, 1.165) is 45.2 Å². The summed E-state index contributed by atoms with van der Waals surface area (Å²) in [7, 11) is -3.04. The van der Waals surface area contributed by atoms with Crippen molar-refractivity contribution >= 4 is 10.0 Å². The zero-order valence-electron chi connectivity index (χ0n) is 11.4. The van der Waals surface area contributed by atoms with E-state index >= 15 is 0 Å². The van der Waals surface area contributed by atoms with Gasteiger partial charge in [-0.25, -0.2) is 8.42 Å². The first-order valence-corrected chi connectivity index (χ1v) is 8.93. The second-order valence-electron chi connectivity index (χ2n) is 5.71. The van der Waals surface area contributed by atoms with Gasteiger partial charge in [0, 0.05) is 18.6 Å². The summed E-state index contributed by atoms with van der Waals surface area (Å²) in [4.78, 5) is 0. The predicted molar refractivity (Wildman–Crippen MR) is 74.1 cm³/mol. The Labute approximate surface area is 111 Å². The summed E-state index contributed by atoms with van der Waals surface area (Å²) in [6, 6.07) is 0.608. The summed E-state index contributed by atoms with van der Waals surface area (Å²) >= 11 is 0. The SMILES string of the molecule is CC1CCCCN1S(=O)(=O)CCC1CCCCN1. The summed E-state index contributed by atoms with van der Waals surface area (Å²) in [5.74, 6) is 0.314. The number of hydrogen-bond acceptors (Lipinski definition) is 3. The van der Waals surface area contributed by atoms with Crippen LogP contribution in [0, 0.1) is 0 Å². The number of hydrogen-bond donors (Lipinski definition) is 1. The smallest absolute Gasteiger partial charge is 0.214 e. The summed E-state index contributed by atoms with van der Waals surface area (Å²) in [6.45, 7) is 3.81. The van der Waals surface area contributed by atoms with Gasteiger partial charge >= 0.3 is 0 Å². The van der Waals surface area contributed by atoms with E-state index in [1.807, 2.05) is 6.92 Å². The molecule has 2 atom stereocenters. The number of sulfonamides is 1. The highest BCUT2D eigenvalue weighted by atomic mass is 32.2. The van der Waals surface area contributed by atoms with Gasteiger partial charge in [0.05, 0.1) is 5.75 Å². The second kappa shape index (κ2) is 6.35. The fraction of sp³-hybridized carbons (Fsp3) is 1.00. The van der Waals surface area contributed by atoms with E-state index in [1.165, 1.54) is 12.8 Å². The maximum absolute atomic E-state index is 12.3. The first kappa shape index (κ1) is 14.3. The zero-order chi connectivity index (χ0) is 13.0. The monoisotopic (exact) mass is 274 g/mol. The molecule has 18 heavy (non-hydrogen) atoms. The molecule has 0 aromatic heterocycles. The van der Waals surface area contributed by atoms with Crippen LogP contribution in [0.2, 0.25) is 0 Å². The van der Waals surface area contributed by atoms with Crippen molar-refractivity contribution in [2.45, 2.75) is 64.0 Å². The van der Waals surface area contributed by atoms with Gasteiger partial charge in [-0.1, -0.05) is 12.8 Å². The number of nitrogens with zero attached hydrogens (tertiary/aromatic N) is 1. The molecule has 0 spiro atoms. The molecule has 0 aromatic carbocycles.